The van der Waals surface area contributed by atoms with Crippen LogP contribution in [0.3, 0.4) is 0 Å². The van der Waals surface area contributed by atoms with Crippen LogP contribution in [0.25, 0.3) is 0 Å². The molecule has 1 fully saturated rings. The Labute approximate surface area is 92.5 Å². The largest absolute Gasteiger partial charge is 0.366 e. The minimum absolute atomic E-state index is 0.597. The van der Waals surface area contributed by atoms with E-state index >= 15 is 0 Å². The Hall–Kier alpha value is -0.640. The smallest absolute Gasteiger partial charge is 0.144 e. The highest BCUT2D eigenvalue weighted by Crippen LogP contribution is 2.20. The van der Waals surface area contributed by atoms with Gasteiger partial charge in [0.05, 0.1) is 12.4 Å². The third kappa shape index (κ3) is 2.67. The van der Waals surface area contributed by atoms with E-state index in [1.165, 1.54) is 32.1 Å². The summed E-state index contributed by atoms with van der Waals surface area (Å²) < 4.78 is 0.784. The van der Waals surface area contributed by atoms with E-state index < -0.39 is 0 Å². The Bertz CT molecular complexity index is 280. The summed E-state index contributed by atoms with van der Waals surface area (Å²) in [6.07, 6.45) is 10.1. The Morgan fingerprint density at radius 2 is 1.93 bits per heavy atom. The fraction of sp³-hybridized carbons (Fsp3) is 0.600. The van der Waals surface area contributed by atoms with Gasteiger partial charge in [0.15, 0.2) is 0 Å². The minimum Gasteiger partial charge on any atom is -0.366 e. The van der Waals surface area contributed by atoms with Gasteiger partial charge in [0.25, 0.3) is 0 Å². The van der Waals surface area contributed by atoms with Crippen molar-refractivity contribution < 1.29 is 0 Å². The second kappa shape index (κ2) is 4.73. The molecule has 1 saturated carbocycles. The van der Waals surface area contributed by atoms with E-state index in [0.29, 0.717) is 6.04 Å². The van der Waals surface area contributed by atoms with Crippen molar-refractivity contribution >= 4 is 21.7 Å². The second-order valence-corrected chi connectivity index (χ2v) is 4.52. The Morgan fingerprint density at radius 3 is 2.57 bits per heavy atom. The molecule has 1 aromatic rings. The summed E-state index contributed by atoms with van der Waals surface area (Å²) in [5.41, 5.74) is 0. The molecule has 0 amide bonds. The maximum Gasteiger partial charge on any atom is 0.144 e. The van der Waals surface area contributed by atoms with Crippen LogP contribution >= 0.6 is 15.9 Å². The average Bonchev–Trinajstić information content (AvgIpc) is 2.23. The summed E-state index contributed by atoms with van der Waals surface area (Å²) in [6, 6.07) is 0.597. The molecule has 2 rings (SSSR count). The zero-order valence-corrected chi connectivity index (χ0v) is 9.63. The molecule has 0 aliphatic heterocycles. The number of rotatable bonds is 2. The van der Waals surface area contributed by atoms with Crippen molar-refractivity contribution in [2.45, 2.75) is 38.1 Å². The predicted octanol–water partition coefficient (Wildman–Crippen LogP) is 2.98. The number of anilines is 1. The standard InChI is InChI=1S/C10H14BrN3/c11-9-6-13-10(7-12-9)14-8-4-2-1-3-5-8/h6-8H,1-5H2,(H,13,14). The predicted molar refractivity (Wildman–Crippen MR) is 60.2 cm³/mol. The van der Waals surface area contributed by atoms with Gasteiger partial charge in [-0.15, -0.1) is 0 Å². The maximum atomic E-state index is 4.25. The van der Waals surface area contributed by atoms with Crippen LogP contribution in [-0.4, -0.2) is 16.0 Å². The van der Waals surface area contributed by atoms with Gasteiger partial charge in [-0.05, 0) is 28.8 Å². The first-order valence-electron chi connectivity index (χ1n) is 5.09. The van der Waals surface area contributed by atoms with Gasteiger partial charge >= 0.3 is 0 Å². The van der Waals surface area contributed by atoms with Crippen LogP contribution in [0, 0.1) is 0 Å². The van der Waals surface area contributed by atoms with E-state index in [-0.39, 0.29) is 0 Å². The molecule has 1 aliphatic carbocycles. The number of hydrogen-bond acceptors (Lipinski definition) is 3. The highest BCUT2D eigenvalue weighted by Gasteiger charge is 2.13. The van der Waals surface area contributed by atoms with E-state index in [1.807, 2.05) is 0 Å². The molecule has 0 unspecified atom stereocenters. The maximum absolute atomic E-state index is 4.25. The number of aromatic nitrogens is 2. The summed E-state index contributed by atoms with van der Waals surface area (Å²) in [6.45, 7) is 0. The molecule has 0 atom stereocenters. The number of hydrogen-bond donors (Lipinski definition) is 1. The summed E-state index contributed by atoms with van der Waals surface area (Å²) in [7, 11) is 0. The number of halogens is 1. The molecule has 4 heteroatoms. The van der Waals surface area contributed by atoms with Gasteiger partial charge in [-0.1, -0.05) is 19.3 Å². The van der Waals surface area contributed by atoms with Crippen molar-refractivity contribution in [3.63, 3.8) is 0 Å². The molecule has 0 bridgehead atoms. The lowest BCUT2D eigenvalue weighted by atomic mass is 9.96. The van der Waals surface area contributed by atoms with Crippen molar-refractivity contribution in [2.24, 2.45) is 0 Å². The van der Waals surface area contributed by atoms with Gasteiger partial charge < -0.3 is 5.32 Å². The topological polar surface area (TPSA) is 37.8 Å². The van der Waals surface area contributed by atoms with Gasteiger partial charge in [0, 0.05) is 6.04 Å². The average molecular weight is 256 g/mol. The first-order valence-corrected chi connectivity index (χ1v) is 5.88. The third-order valence-corrected chi connectivity index (χ3v) is 2.99. The Morgan fingerprint density at radius 1 is 1.14 bits per heavy atom. The van der Waals surface area contributed by atoms with E-state index in [4.69, 9.17) is 0 Å². The lowest BCUT2D eigenvalue weighted by Crippen LogP contribution is -2.22. The zero-order valence-electron chi connectivity index (χ0n) is 8.04. The van der Waals surface area contributed by atoms with Crippen LogP contribution in [0.15, 0.2) is 17.0 Å². The zero-order chi connectivity index (χ0) is 9.80. The van der Waals surface area contributed by atoms with Gasteiger partial charge in [0.1, 0.15) is 10.4 Å². The summed E-state index contributed by atoms with van der Waals surface area (Å²) in [4.78, 5) is 8.39. The number of nitrogens with one attached hydrogen (secondary N) is 1. The molecule has 0 spiro atoms. The highest BCUT2D eigenvalue weighted by atomic mass is 79.9. The normalized spacial score (nSPS) is 18.1. The molecule has 0 saturated heterocycles. The van der Waals surface area contributed by atoms with Crippen molar-refractivity contribution in [1.82, 2.24) is 9.97 Å². The molecule has 1 heterocycles. The lowest BCUT2D eigenvalue weighted by molar-refractivity contribution is 0.461. The SMILES string of the molecule is Brc1cnc(NC2CCCCC2)cn1. The molecular formula is C10H14BrN3. The molecule has 1 N–H and O–H groups in total. The molecule has 76 valence electrons. The fourth-order valence-corrected chi connectivity index (χ4v) is 2.05. The van der Waals surface area contributed by atoms with Crippen molar-refractivity contribution in [3.05, 3.63) is 17.0 Å². The molecule has 0 aromatic carbocycles. The lowest BCUT2D eigenvalue weighted by Gasteiger charge is -2.22. The summed E-state index contributed by atoms with van der Waals surface area (Å²) in [5.74, 6) is 0.889. The Kier molecular flexibility index (Phi) is 3.35. The van der Waals surface area contributed by atoms with E-state index in [0.717, 1.165) is 10.4 Å². The van der Waals surface area contributed by atoms with Crippen LogP contribution in [0.5, 0.6) is 0 Å². The Balaban J connectivity index is 1.92. The van der Waals surface area contributed by atoms with Gasteiger partial charge in [-0.2, -0.15) is 0 Å². The van der Waals surface area contributed by atoms with Gasteiger partial charge in [-0.3, -0.25) is 0 Å². The van der Waals surface area contributed by atoms with E-state index in [9.17, 15) is 0 Å². The van der Waals surface area contributed by atoms with Crippen LogP contribution in [0.2, 0.25) is 0 Å². The van der Waals surface area contributed by atoms with Crippen molar-refractivity contribution in [3.8, 4) is 0 Å². The minimum atomic E-state index is 0.597. The van der Waals surface area contributed by atoms with Crippen LogP contribution in [0.4, 0.5) is 5.82 Å². The number of nitrogens with zero attached hydrogens (tertiary/aromatic N) is 2. The van der Waals surface area contributed by atoms with Crippen LogP contribution in [0.1, 0.15) is 32.1 Å². The molecular weight excluding hydrogens is 242 g/mol. The molecule has 1 aromatic heterocycles. The highest BCUT2D eigenvalue weighted by molar-refractivity contribution is 9.10. The summed E-state index contributed by atoms with van der Waals surface area (Å²) >= 11 is 3.27. The van der Waals surface area contributed by atoms with Gasteiger partial charge in [-0.25, -0.2) is 9.97 Å². The quantitative estimate of drug-likeness (QED) is 0.883. The summed E-state index contributed by atoms with van der Waals surface area (Å²) in [5, 5.41) is 3.41. The fourth-order valence-electron chi connectivity index (χ4n) is 1.84. The van der Waals surface area contributed by atoms with Crippen molar-refractivity contribution in [1.29, 1.82) is 0 Å². The second-order valence-electron chi connectivity index (χ2n) is 3.70. The monoisotopic (exact) mass is 255 g/mol. The molecule has 14 heavy (non-hydrogen) atoms. The van der Waals surface area contributed by atoms with Crippen LogP contribution in [-0.2, 0) is 0 Å². The molecule has 1 aliphatic rings. The molecule has 0 radical (unpaired) electrons. The van der Waals surface area contributed by atoms with Crippen molar-refractivity contribution in [2.75, 3.05) is 5.32 Å². The first kappa shape index (κ1) is 9.90. The van der Waals surface area contributed by atoms with E-state index in [1.54, 1.807) is 12.4 Å². The van der Waals surface area contributed by atoms with E-state index in [2.05, 4.69) is 31.2 Å². The third-order valence-electron chi connectivity index (χ3n) is 2.58. The van der Waals surface area contributed by atoms with Gasteiger partial charge in [0.2, 0.25) is 0 Å². The first-order chi connectivity index (χ1) is 6.84. The van der Waals surface area contributed by atoms with Crippen LogP contribution < -0.4 is 5.32 Å². The molecule has 3 nitrogen and oxygen atoms in total.